The molecule has 0 saturated carbocycles. The van der Waals surface area contributed by atoms with Crippen LogP contribution in [0.1, 0.15) is 15.9 Å². The molecule has 0 spiro atoms. The van der Waals surface area contributed by atoms with E-state index in [0.29, 0.717) is 11.0 Å². The van der Waals surface area contributed by atoms with Crippen LogP contribution in [0.25, 0.3) is 11.0 Å². The van der Waals surface area contributed by atoms with Crippen molar-refractivity contribution in [2.75, 3.05) is 19.0 Å². The highest BCUT2D eigenvalue weighted by atomic mass is 32.2. The number of hydrogen-bond acceptors (Lipinski definition) is 5. The number of aryl methyl sites for hydroxylation is 1. The molecule has 6 nitrogen and oxygen atoms in total. The number of hydrogen-bond donors (Lipinski definition) is 1. The van der Waals surface area contributed by atoms with Crippen LogP contribution in [-0.2, 0) is 10.0 Å². The van der Waals surface area contributed by atoms with E-state index in [1.165, 1.54) is 12.3 Å². The van der Waals surface area contributed by atoms with E-state index < -0.39 is 15.9 Å². The number of para-hydroxylation sites is 1. The Labute approximate surface area is 146 Å². The molecule has 130 valence electrons. The van der Waals surface area contributed by atoms with Gasteiger partial charge in [-0.1, -0.05) is 24.3 Å². The maximum atomic E-state index is 12.6. The third-order valence-electron chi connectivity index (χ3n) is 3.93. The van der Waals surface area contributed by atoms with Crippen LogP contribution in [0.5, 0.6) is 0 Å². The number of fused-ring (bicyclic) bond motifs is 1. The Morgan fingerprint density at radius 2 is 1.84 bits per heavy atom. The zero-order valence-electron chi connectivity index (χ0n) is 14.1. The van der Waals surface area contributed by atoms with Gasteiger partial charge in [-0.15, -0.1) is 0 Å². The van der Waals surface area contributed by atoms with Crippen molar-refractivity contribution in [1.29, 1.82) is 0 Å². The molecule has 0 saturated heterocycles. The van der Waals surface area contributed by atoms with E-state index >= 15 is 0 Å². The number of anilines is 1. The van der Waals surface area contributed by atoms with E-state index in [1.807, 2.05) is 25.9 Å². The fraction of sp³-hybridized carbons (Fsp3) is 0.167. The van der Waals surface area contributed by atoms with Crippen LogP contribution >= 0.6 is 0 Å². The predicted molar refractivity (Wildman–Crippen MR) is 96.4 cm³/mol. The minimum atomic E-state index is -3.99. The molecular formula is C18H18N2O4S. The van der Waals surface area contributed by atoms with Gasteiger partial charge in [0.05, 0.1) is 10.5 Å². The van der Waals surface area contributed by atoms with Gasteiger partial charge >= 0.3 is 0 Å². The van der Waals surface area contributed by atoms with Gasteiger partial charge in [0.1, 0.15) is 11.8 Å². The lowest BCUT2D eigenvalue weighted by molar-refractivity contribution is 0.0982. The Morgan fingerprint density at radius 3 is 2.56 bits per heavy atom. The summed E-state index contributed by atoms with van der Waals surface area (Å²) >= 11 is 0. The summed E-state index contributed by atoms with van der Waals surface area (Å²) in [6.45, 7) is 1.89. The molecule has 25 heavy (non-hydrogen) atoms. The van der Waals surface area contributed by atoms with Gasteiger partial charge < -0.3 is 9.32 Å². The van der Waals surface area contributed by atoms with Gasteiger partial charge in [0.2, 0.25) is 0 Å². The molecule has 0 aliphatic rings. The normalized spacial score (nSPS) is 11.5. The number of carbonyl (C=O) groups is 1. The van der Waals surface area contributed by atoms with Gasteiger partial charge in [0.25, 0.3) is 15.9 Å². The van der Waals surface area contributed by atoms with Crippen LogP contribution in [0.4, 0.5) is 5.69 Å². The Kier molecular flexibility index (Phi) is 4.26. The second-order valence-electron chi connectivity index (χ2n) is 5.92. The molecule has 1 amide bonds. The Balaban J connectivity index is 1.94. The SMILES string of the molecule is Cc1ccc(S(=O)(=O)NC(=O)c2coc3ccccc23)cc1N(C)C. The highest BCUT2D eigenvalue weighted by molar-refractivity contribution is 7.90. The van der Waals surface area contributed by atoms with E-state index in [9.17, 15) is 13.2 Å². The van der Waals surface area contributed by atoms with Gasteiger partial charge in [-0.25, -0.2) is 13.1 Å². The first-order valence-electron chi connectivity index (χ1n) is 7.61. The minimum absolute atomic E-state index is 0.0305. The Morgan fingerprint density at radius 1 is 1.12 bits per heavy atom. The highest BCUT2D eigenvalue weighted by Crippen LogP contribution is 2.24. The maximum absolute atomic E-state index is 12.6. The largest absolute Gasteiger partial charge is 0.463 e. The molecule has 1 N–H and O–H groups in total. The van der Waals surface area contributed by atoms with Crippen molar-refractivity contribution >= 4 is 32.6 Å². The molecule has 0 radical (unpaired) electrons. The summed E-state index contributed by atoms with van der Waals surface area (Å²) < 4.78 is 32.6. The molecule has 0 unspecified atom stereocenters. The molecule has 0 aliphatic carbocycles. The summed E-state index contributed by atoms with van der Waals surface area (Å²) in [4.78, 5) is 14.3. The van der Waals surface area contributed by atoms with Crippen LogP contribution < -0.4 is 9.62 Å². The third-order valence-corrected chi connectivity index (χ3v) is 5.25. The summed E-state index contributed by atoms with van der Waals surface area (Å²) in [6, 6.07) is 11.7. The van der Waals surface area contributed by atoms with Crippen molar-refractivity contribution in [2.24, 2.45) is 0 Å². The number of carbonyl (C=O) groups excluding carboxylic acids is 1. The number of benzene rings is 2. The summed E-state index contributed by atoms with van der Waals surface area (Å²) in [7, 11) is -0.338. The third kappa shape index (κ3) is 3.23. The molecule has 3 rings (SSSR count). The van der Waals surface area contributed by atoms with Crippen molar-refractivity contribution in [3.63, 3.8) is 0 Å². The van der Waals surface area contributed by atoms with Crippen molar-refractivity contribution in [3.8, 4) is 0 Å². The van der Waals surface area contributed by atoms with E-state index in [0.717, 1.165) is 11.3 Å². The van der Waals surface area contributed by atoms with Gasteiger partial charge in [0.15, 0.2) is 0 Å². The Hall–Kier alpha value is -2.80. The van der Waals surface area contributed by atoms with Gasteiger partial charge in [-0.3, -0.25) is 4.79 Å². The van der Waals surface area contributed by atoms with Crippen molar-refractivity contribution in [3.05, 3.63) is 59.9 Å². The molecule has 1 aromatic heterocycles. The van der Waals surface area contributed by atoms with Crippen molar-refractivity contribution < 1.29 is 17.6 Å². The van der Waals surface area contributed by atoms with E-state index in [-0.39, 0.29) is 10.5 Å². The smallest absolute Gasteiger partial charge is 0.268 e. The lowest BCUT2D eigenvalue weighted by Crippen LogP contribution is -2.30. The average Bonchev–Trinajstić information content (AvgIpc) is 2.98. The molecule has 3 aromatic rings. The van der Waals surface area contributed by atoms with E-state index in [4.69, 9.17) is 4.42 Å². The number of rotatable bonds is 4. The highest BCUT2D eigenvalue weighted by Gasteiger charge is 2.22. The molecule has 7 heteroatoms. The monoisotopic (exact) mass is 358 g/mol. The first-order valence-corrected chi connectivity index (χ1v) is 9.09. The summed E-state index contributed by atoms with van der Waals surface area (Å²) in [5, 5.41) is 0.563. The van der Waals surface area contributed by atoms with Crippen molar-refractivity contribution in [2.45, 2.75) is 11.8 Å². The fourth-order valence-electron chi connectivity index (χ4n) is 2.63. The standard InChI is InChI=1S/C18H18N2O4S/c1-12-8-9-13(10-16(12)20(2)3)25(22,23)19-18(21)15-11-24-17-7-5-4-6-14(15)17/h4-11H,1-3H3,(H,19,21). The topological polar surface area (TPSA) is 79.6 Å². The van der Waals surface area contributed by atoms with Gasteiger partial charge in [0, 0.05) is 25.2 Å². The molecular weight excluding hydrogens is 340 g/mol. The lowest BCUT2D eigenvalue weighted by Gasteiger charge is -2.17. The molecule has 0 fully saturated rings. The lowest BCUT2D eigenvalue weighted by atomic mass is 10.2. The number of nitrogens with one attached hydrogen (secondary N) is 1. The summed E-state index contributed by atoms with van der Waals surface area (Å²) in [5.74, 6) is -0.725. The summed E-state index contributed by atoms with van der Waals surface area (Å²) in [6.07, 6.45) is 1.26. The quantitative estimate of drug-likeness (QED) is 0.776. The van der Waals surface area contributed by atoms with Gasteiger partial charge in [-0.2, -0.15) is 0 Å². The van der Waals surface area contributed by atoms with E-state index in [1.54, 1.807) is 36.4 Å². The van der Waals surface area contributed by atoms with Crippen LogP contribution in [0.3, 0.4) is 0 Å². The first kappa shape index (κ1) is 17.0. The number of sulfonamides is 1. The van der Waals surface area contributed by atoms with Crippen molar-refractivity contribution in [1.82, 2.24) is 4.72 Å². The number of amides is 1. The zero-order chi connectivity index (χ0) is 18.2. The predicted octanol–water partition coefficient (Wildman–Crippen LogP) is 2.93. The van der Waals surface area contributed by atoms with Crippen LogP contribution in [0.2, 0.25) is 0 Å². The maximum Gasteiger partial charge on any atom is 0.268 e. The molecule has 0 bridgehead atoms. The van der Waals surface area contributed by atoms with Crippen LogP contribution in [-0.4, -0.2) is 28.4 Å². The number of furan rings is 1. The Bertz CT molecular complexity index is 1050. The molecule has 0 aliphatic heterocycles. The minimum Gasteiger partial charge on any atom is -0.463 e. The van der Waals surface area contributed by atoms with E-state index in [2.05, 4.69) is 4.72 Å². The summed E-state index contributed by atoms with van der Waals surface area (Å²) in [5.41, 5.74) is 2.41. The average molecular weight is 358 g/mol. The fourth-order valence-corrected chi connectivity index (χ4v) is 3.61. The second-order valence-corrected chi connectivity index (χ2v) is 7.61. The van der Waals surface area contributed by atoms with Crippen LogP contribution in [0.15, 0.2) is 58.0 Å². The zero-order valence-corrected chi connectivity index (χ0v) is 14.9. The van der Waals surface area contributed by atoms with Gasteiger partial charge in [-0.05, 0) is 30.7 Å². The second kappa shape index (κ2) is 6.25. The molecule has 1 heterocycles. The first-order chi connectivity index (χ1) is 11.8. The molecule has 2 aromatic carbocycles. The van der Waals surface area contributed by atoms with Crippen LogP contribution in [0, 0.1) is 6.92 Å². The molecule has 0 atom stereocenters. The number of nitrogens with zero attached hydrogens (tertiary/aromatic N) is 1.